The van der Waals surface area contributed by atoms with Gasteiger partial charge in [0.15, 0.2) is 0 Å². The first kappa shape index (κ1) is 20.3. The van der Waals surface area contributed by atoms with Crippen LogP contribution in [-0.4, -0.2) is 45.7 Å². The summed E-state index contributed by atoms with van der Waals surface area (Å²) in [6, 6.07) is 10.1. The summed E-state index contributed by atoms with van der Waals surface area (Å²) in [5, 5.41) is 24.9. The third kappa shape index (κ3) is 3.63. The SMILES string of the molecule is COc1cccc(C2=NN(C(=O)c3cccc([N+](=O)[O-])c3)C(O)(C(F)(F)F)C2)c1. The average Bonchev–Trinajstić information content (AvgIpc) is 3.06. The summed E-state index contributed by atoms with van der Waals surface area (Å²) < 4.78 is 46.0. The van der Waals surface area contributed by atoms with Gasteiger partial charge in [-0.05, 0) is 18.2 Å². The van der Waals surface area contributed by atoms with Gasteiger partial charge >= 0.3 is 6.18 Å². The predicted octanol–water partition coefficient (Wildman–Crippen LogP) is 3.10. The van der Waals surface area contributed by atoms with Gasteiger partial charge in [-0.3, -0.25) is 14.9 Å². The molecule has 0 bridgehead atoms. The second-order valence-corrected chi connectivity index (χ2v) is 6.19. The van der Waals surface area contributed by atoms with E-state index in [0.29, 0.717) is 5.75 Å². The molecule has 1 aliphatic heterocycles. The molecule has 8 nitrogen and oxygen atoms in total. The number of carbonyl (C=O) groups is 1. The number of aliphatic hydroxyl groups is 1. The summed E-state index contributed by atoms with van der Waals surface area (Å²) in [5.74, 6) is -0.976. The molecule has 0 radical (unpaired) electrons. The van der Waals surface area contributed by atoms with Crippen molar-refractivity contribution in [3.63, 3.8) is 0 Å². The molecule has 1 heterocycles. The van der Waals surface area contributed by atoms with E-state index in [9.17, 15) is 33.2 Å². The monoisotopic (exact) mass is 409 g/mol. The van der Waals surface area contributed by atoms with Gasteiger partial charge in [-0.25, -0.2) is 0 Å². The molecule has 0 aliphatic carbocycles. The molecule has 1 amide bonds. The first-order valence-electron chi connectivity index (χ1n) is 8.17. The number of alkyl halides is 3. The van der Waals surface area contributed by atoms with Gasteiger partial charge in [0, 0.05) is 23.3 Å². The number of methoxy groups -OCH3 is 1. The van der Waals surface area contributed by atoms with Crippen molar-refractivity contribution in [2.24, 2.45) is 5.10 Å². The minimum Gasteiger partial charge on any atom is -0.497 e. The van der Waals surface area contributed by atoms with Crippen LogP contribution in [0.4, 0.5) is 18.9 Å². The molecule has 0 saturated carbocycles. The van der Waals surface area contributed by atoms with E-state index in [1.165, 1.54) is 25.3 Å². The van der Waals surface area contributed by atoms with Crippen molar-refractivity contribution in [3.05, 3.63) is 69.8 Å². The van der Waals surface area contributed by atoms with Crippen LogP contribution in [0.5, 0.6) is 5.75 Å². The number of nitrogens with zero attached hydrogens (tertiary/aromatic N) is 3. The average molecular weight is 409 g/mol. The standard InChI is InChI=1S/C18H14F3N3O5/c1-29-14-7-3-4-11(9-14)15-10-17(26,18(19,20)21)23(22-15)16(25)12-5-2-6-13(8-12)24(27)28/h2-9,26H,10H2,1H3. The molecule has 0 spiro atoms. The number of rotatable bonds is 4. The molecular weight excluding hydrogens is 395 g/mol. The fourth-order valence-corrected chi connectivity index (χ4v) is 2.82. The van der Waals surface area contributed by atoms with E-state index in [4.69, 9.17) is 4.74 Å². The molecule has 0 aromatic heterocycles. The van der Waals surface area contributed by atoms with Crippen molar-refractivity contribution in [3.8, 4) is 5.75 Å². The van der Waals surface area contributed by atoms with Crippen LogP contribution in [0.2, 0.25) is 0 Å². The number of amides is 1. The van der Waals surface area contributed by atoms with Crippen LogP contribution in [-0.2, 0) is 0 Å². The van der Waals surface area contributed by atoms with Gasteiger partial charge in [0.1, 0.15) is 5.75 Å². The molecule has 3 rings (SSSR count). The Morgan fingerprint density at radius 3 is 2.59 bits per heavy atom. The Hall–Kier alpha value is -3.47. The van der Waals surface area contributed by atoms with Crippen LogP contribution >= 0.6 is 0 Å². The number of nitro groups is 1. The van der Waals surface area contributed by atoms with E-state index in [2.05, 4.69) is 5.10 Å². The molecule has 0 fully saturated rings. The Morgan fingerprint density at radius 1 is 1.28 bits per heavy atom. The molecule has 1 unspecified atom stereocenters. The van der Waals surface area contributed by atoms with Crippen molar-refractivity contribution in [1.82, 2.24) is 5.01 Å². The summed E-state index contributed by atoms with van der Waals surface area (Å²) in [6.45, 7) is 0. The summed E-state index contributed by atoms with van der Waals surface area (Å²) in [4.78, 5) is 22.8. The van der Waals surface area contributed by atoms with Crippen molar-refractivity contribution in [2.75, 3.05) is 7.11 Å². The molecular formula is C18H14F3N3O5. The van der Waals surface area contributed by atoms with Crippen molar-refractivity contribution >= 4 is 17.3 Å². The molecule has 1 N–H and O–H groups in total. The summed E-state index contributed by atoms with van der Waals surface area (Å²) in [7, 11) is 1.37. The number of halogens is 3. The Bertz CT molecular complexity index is 1010. The number of non-ortho nitro benzene ring substituents is 1. The molecule has 1 atom stereocenters. The molecule has 0 saturated heterocycles. The molecule has 152 valence electrons. The maximum absolute atomic E-state index is 13.7. The third-order valence-corrected chi connectivity index (χ3v) is 4.34. The molecule has 11 heteroatoms. The van der Waals surface area contributed by atoms with E-state index in [0.717, 1.165) is 24.3 Å². The summed E-state index contributed by atoms with van der Waals surface area (Å²) >= 11 is 0. The largest absolute Gasteiger partial charge is 0.497 e. The lowest BCUT2D eigenvalue weighted by molar-refractivity contribution is -0.384. The van der Waals surface area contributed by atoms with Gasteiger partial charge in [-0.15, -0.1) is 0 Å². The maximum Gasteiger partial charge on any atom is 0.438 e. The molecule has 2 aromatic carbocycles. The Labute approximate surface area is 162 Å². The van der Waals surface area contributed by atoms with Crippen molar-refractivity contribution in [2.45, 2.75) is 18.3 Å². The Balaban J connectivity index is 2.07. The van der Waals surface area contributed by atoms with E-state index >= 15 is 0 Å². The first-order valence-corrected chi connectivity index (χ1v) is 8.17. The number of hydrogen-bond donors (Lipinski definition) is 1. The normalized spacial score (nSPS) is 19.1. The highest BCUT2D eigenvalue weighted by atomic mass is 19.4. The highest BCUT2D eigenvalue weighted by molar-refractivity contribution is 6.05. The number of nitro benzene ring substituents is 1. The van der Waals surface area contributed by atoms with Gasteiger partial charge in [0.2, 0.25) is 0 Å². The number of ether oxygens (including phenoxy) is 1. The molecule has 2 aromatic rings. The second-order valence-electron chi connectivity index (χ2n) is 6.19. The maximum atomic E-state index is 13.7. The van der Waals surface area contributed by atoms with E-state index < -0.39 is 40.4 Å². The topological polar surface area (TPSA) is 105 Å². The minimum absolute atomic E-state index is 0.0825. The summed E-state index contributed by atoms with van der Waals surface area (Å²) in [6.07, 6.45) is -6.24. The lowest BCUT2D eigenvalue weighted by atomic mass is 10.0. The Kier molecular flexibility index (Phi) is 5.01. The van der Waals surface area contributed by atoms with Gasteiger partial charge in [-0.1, -0.05) is 18.2 Å². The van der Waals surface area contributed by atoms with Crippen LogP contribution in [0.3, 0.4) is 0 Å². The van der Waals surface area contributed by atoms with Crippen LogP contribution in [0.25, 0.3) is 0 Å². The third-order valence-electron chi connectivity index (χ3n) is 4.34. The zero-order valence-electron chi connectivity index (χ0n) is 14.9. The van der Waals surface area contributed by atoms with E-state index in [1.807, 2.05) is 0 Å². The molecule has 29 heavy (non-hydrogen) atoms. The van der Waals surface area contributed by atoms with Crippen molar-refractivity contribution in [1.29, 1.82) is 0 Å². The first-order chi connectivity index (χ1) is 13.6. The van der Waals surface area contributed by atoms with Gasteiger partial charge in [0.05, 0.1) is 24.2 Å². The Morgan fingerprint density at radius 2 is 1.97 bits per heavy atom. The number of benzene rings is 2. The van der Waals surface area contributed by atoms with Crippen LogP contribution in [0.15, 0.2) is 53.6 Å². The van der Waals surface area contributed by atoms with Crippen LogP contribution < -0.4 is 4.74 Å². The van der Waals surface area contributed by atoms with E-state index in [1.54, 1.807) is 6.07 Å². The second kappa shape index (κ2) is 7.17. The van der Waals surface area contributed by atoms with Crippen LogP contribution in [0.1, 0.15) is 22.3 Å². The van der Waals surface area contributed by atoms with Gasteiger partial charge in [-0.2, -0.15) is 23.3 Å². The zero-order chi connectivity index (χ0) is 21.4. The fraction of sp³-hybridized carbons (Fsp3) is 0.222. The molecule has 1 aliphatic rings. The lowest BCUT2D eigenvalue weighted by Gasteiger charge is -2.32. The number of hydrazone groups is 1. The van der Waals surface area contributed by atoms with Crippen LogP contribution in [0, 0.1) is 10.1 Å². The summed E-state index contributed by atoms with van der Waals surface area (Å²) in [5.41, 5.74) is -4.48. The smallest absolute Gasteiger partial charge is 0.438 e. The quantitative estimate of drug-likeness (QED) is 0.617. The highest BCUT2D eigenvalue weighted by Gasteiger charge is 2.63. The lowest BCUT2D eigenvalue weighted by Crippen LogP contribution is -2.56. The van der Waals surface area contributed by atoms with Gasteiger partial charge < -0.3 is 9.84 Å². The van der Waals surface area contributed by atoms with Gasteiger partial charge in [0.25, 0.3) is 17.3 Å². The minimum atomic E-state index is -5.23. The number of carbonyl (C=O) groups excluding carboxylic acids is 1. The van der Waals surface area contributed by atoms with E-state index in [-0.39, 0.29) is 16.3 Å². The van der Waals surface area contributed by atoms with Crippen molar-refractivity contribution < 1.29 is 32.7 Å². The fourth-order valence-electron chi connectivity index (χ4n) is 2.82. The zero-order valence-corrected chi connectivity index (χ0v) is 14.9. The predicted molar refractivity (Wildman–Crippen MR) is 94.4 cm³/mol. The highest BCUT2D eigenvalue weighted by Crippen LogP contribution is 2.42. The number of hydrogen-bond acceptors (Lipinski definition) is 6.